The van der Waals surface area contributed by atoms with Gasteiger partial charge in [-0.15, -0.1) is 0 Å². The minimum absolute atomic E-state index is 0.259. The molecule has 0 aromatic carbocycles. The van der Waals surface area contributed by atoms with Crippen molar-refractivity contribution in [3.8, 4) is 0 Å². The molecule has 0 aromatic heterocycles. The summed E-state index contributed by atoms with van der Waals surface area (Å²) in [7, 11) is 0. The van der Waals surface area contributed by atoms with Gasteiger partial charge in [0, 0.05) is 6.54 Å². The molecule has 0 aliphatic heterocycles. The van der Waals surface area contributed by atoms with E-state index in [1.54, 1.807) is 6.92 Å². The van der Waals surface area contributed by atoms with Crippen LogP contribution < -0.4 is 0 Å². The average Bonchev–Trinajstić information content (AvgIpc) is 2.22. The van der Waals surface area contributed by atoms with Crippen molar-refractivity contribution < 1.29 is 9.90 Å². The van der Waals surface area contributed by atoms with E-state index in [-0.39, 0.29) is 5.92 Å². The maximum Gasteiger partial charge on any atom is 0.307 e. The summed E-state index contributed by atoms with van der Waals surface area (Å²) in [5, 5.41) is 8.81. The van der Waals surface area contributed by atoms with Crippen LogP contribution in [-0.4, -0.2) is 47.6 Å². The number of carbonyl (C=O) groups is 1. The third-order valence-corrected chi connectivity index (χ3v) is 3.17. The van der Waals surface area contributed by atoms with E-state index in [9.17, 15) is 4.79 Å². The van der Waals surface area contributed by atoms with Crippen LogP contribution in [0.3, 0.4) is 0 Å². The minimum Gasteiger partial charge on any atom is -0.481 e. The fourth-order valence-corrected chi connectivity index (χ4v) is 1.92. The van der Waals surface area contributed by atoms with Gasteiger partial charge in [0.05, 0.1) is 5.92 Å². The standard InChI is InChI=1S/C11H23NO2S/c1-4-12(7-5-6-8-15-3)9-10(2)11(13)14/h10H,4-9H2,1-3H3,(H,13,14). The maximum atomic E-state index is 10.7. The molecule has 1 atom stereocenters. The van der Waals surface area contributed by atoms with Gasteiger partial charge >= 0.3 is 5.97 Å². The van der Waals surface area contributed by atoms with Crippen LogP contribution in [-0.2, 0) is 4.79 Å². The van der Waals surface area contributed by atoms with Crippen molar-refractivity contribution in [3.63, 3.8) is 0 Å². The number of carboxylic acids is 1. The molecule has 15 heavy (non-hydrogen) atoms. The number of carboxylic acid groups (broad SMARTS) is 1. The summed E-state index contributed by atoms with van der Waals surface area (Å²) >= 11 is 1.87. The number of nitrogens with zero attached hydrogens (tertiary/aromatic N) is 1. The van der Waals surface area contributed by atoms with E-state index in [1.807, 2.05) is 11.8 Å². The maximum absolute atomic E-state index is 10.7. The van der Waals surface area contributed by atoms with Crippen molar-refractivity contribution in [2.45, 2.75) is 26.7 Å². The molecule has 1 N–H and O–H groups in total. The number of unbranched alkanes of at least 4 members (excludes halogenated alkanes) is 1. The lowest BCUT2D eigenvalue weighted by atomic mass is 10.1. The summed E-state index contributed by atoms with van der Waals surface area (Å²) in [5.74, 6) is 0.245. The van der Waals surface area contributed by atoms with E-state index in [0.29, 0.717) is 6.54 Å². The topological polar surface area (TPSA) is 40.5 Å². The average molecular weight is 233 g/mol. The molecule has 0 rings (SSSR count). The Bertz CT molecular complexity index is 176. The summed E-state index contributed by atoms with van der Waals surface area (Å²) < 4.78 is 0. The van der Waals surface area contributed by atoms with E-state index in [0.717, 1.165) is 13.1 Å². The van der Waals surface area contributed by atoms with Gasteiger partial charge in [0.15, 0.2) is 0 Å². The first-order valence-corrected chi connectivity index (χ1v) is 6.95. The Labute approximate surface area is 97.2 Å². The van der Waals surface area contributed by atoms with E-state index in [1.165, 1.54) is 18.6 Å². The lowest BCUT2D eigenvalue weighted by Crippen LogP contribution is -2.32. The fourth-order valence-electron chi connectivity index (χ4n) is 1.43. The highest BCUT2D eigenvalue weighted by molar-refractivity contribution is 7.98. The van der Waals surface area contributed by atoms with Gasteiger partial charge in [0.25, 0.3) is 0 Å². The zero-order valence-electron chi connectivity index (χ0n) is 10.0. The van der Waals surface area contributed by atoms with Gasteiger partial charge in [-0.1, -0.05) is 13.8 Å². The minimum atomic E-state index is -0.697. The molecule has 0 aliphatic carbocycles. The number of hydrogen-bond donors (Lipinski definition) is 1. The summed E-state index contributed by atoms with van der Waals surface area (Å²) in [6.07, 6.45) is 4.50. The Morgan fingerprint density at radius 1 is 1.47 bits per heavy atom. The van der Waals surface area contributed by atoms with Gasteiger partial charge in [-0.2, -0.15) is 11.8 Å². The quantitative estimate of drug-likeness (QED) is 0.620. The lowest BCUT2D eigenvalue weighted by molar-refractivity contribution is -0.141. The third-order valence-electron chi connectivity index (χ3n) is 2.47. The molecular weight excluding hydrogens is 210 g/mol. The second-order valence-electron chi connectivity index (χ2n) is 3.83. The highest BCUT2D eigenvalue weighted by Crippen LogP contribution is 2.04. The third kappa shape index (κ3) is 7.68. The molecule has 0 amide bonds. The van der Waals surface area contributed by atoms with Gasteiger partial charge < -0.3 is 10.0 Å². The molecule has 0 bridgehead atoms. The van der Waals surface area contributed by atoms with Crippen LogP contribution in [0.2, 0.25) is 0 Å². The van der Waals surface area contributed by atoms with Crippen LogP contribution in [0.1, 0.15) is 26.7 Å². The highest BCUT2D eigenvalue weighted by Gasteiger charge is 2.14. The van der Waals surface area contributed by atoms with Crippen LogP contribution in [0.4, 0.5) is 0 Å². The molecule has 0 aliphatic rings. The first-order chi connectivity index (χ1) is 7.11. The number of thioether (sulfide) groups is 1. The second kappa shape index (κ2) is 9.04. The Hall–Kier alpha value is -0.220. The van der Waals surface area contributed by atoms with Gasteiger partial charge in [-0.3, -0.25) is 4.79 Å². The predicted molar refractivity (Wildman–Crippen MR) is 66.5 cm³/mol. The Morgan fingerprint density at radius 3 is 2.60 bits per heavy atom. The van der Waals surface area contributed by atoms with Crippen molar-refractivity contribution in [1.82, 2.24) is 4.90 Å². The zero-order chi connectivity index (χ0) is 11.7. The molecule has 4 heteroatoms. The number of hydrogen-bond acceptors (Lipinski definition) is 3. The zero-order valence-corrected chi connectivity index (χ0v) is 10.8. The van der Waals surface area contributed by atoms with Crippen molar-refractivity contribution in [2.24, 2.45) is 5.92 Å². The number of rotatable bonds is 9. The molecule has 0 saturated heterocycles. The monoisotopic (exact) mass is 233 g/mol. The van der Waals surface area contributed by atoms with Crippen LogP contribution >= 0.6 is 11.8 Å². The summed E-state index contributed by atoms with van der Waals surface area (Å²) in [5.41, 5.74) is 0. The largest absolute Gasteiger partial charge is 0.481 e. The van der Waals surface area contributed by atoms with Crippen molar-refractivity contribution in [3.05, 3.63) is 0 Å². The van der Waals surface area contributed by atoms with Crippen molar-refractivity contribution in [2.75, 3.05) is 31.6 Å². The molecule has 0 aromatic rings. The molecular formula is C11H23NO2S. The van der Waals surface area contributed by atoms with E-state index in [2.05, 4.69) is 18.1 Å². The second-order valence-corrected chi connectivity index (χ2v) is 4.82. The fraction of sp³-hybridized carbons (Fsp3) is 0.909. The summed E-state index contributed by atoms with van der Waals surface area (Å²) in [6, 6.07) is 0. The van der Waals surface area contributed by atoms with Crippen molar-refractivity contribution >= 4 is 17.7 Å². The van der Waals surface area contributed by atoms with Crippen LogP contribution in [0.25, 0.3) is 0 Å². The SMILES string of the molecule is CCN(CCCCSC)CC(C)C(=O)O. The molecule has 0 saturated carbocycles. The van der Waals surface area contributed by atoms with E-state index < -0.39 is 5.97 Å². The Morgan fingerprint density at radius 2 is 2.13 bits per heavy atom. The molecule has 3 nitrogen and oxygen atoms in total. The Kier molecular flexibility index (Phi) is 8.91. The molecule has 0 spiro atoms. The normalized spacial score (nSPS) is 13.1. The van der Waals surface area contributed by atoms with Gasteiger partial charge in [0.2, 0.25) is 0 Å². The molecule has 90 valence electrons. The van der Waals surface area contributed by atoms with E-state index in [4.69, 9.17) is 5.11 Å². The molecule has 0 fully saturated rings. The Balaban J connectivity index is 3.67. The predicted octanol–water partition coefficient (Wildman–Crippen LogP) is 2.17. The van der Waals surface area contributed by atoms with Crippen LogP contribution in [0, 0.1) is 5.92 Å². The molecule has 1 unspecified atom stereocenters. The van der Waals surface area contributed by atoms with Gasteiger partial charge in [0.1, 0.15) is 0 Å². The van der Waals surface area contributed by atoms with Crippen LogP contribution in [0.5, 0.6) is 0 Å². The smallest absolute Gasteiger partial charge is 0.307 e. The highest BCUT2D eigenvalue weighted by atomic mass is 32.2. The number of aliphatic carboxylic acids is 1. The van der Waals surface area contributed by atoms with Crippen LogP contribution in [0.15, 0.2) is 0 Å². The van der Waals surface area contributed by atoms with Crippen molar-refractivity contribution in [1.29, 1.82) is 0 Å². The summed E-state index contributed by atoms with van der Waals surface area (Å²) in [4.78, 5) is 12.9. The first kappa shape index (κ1) is 14.8. The first-order valence-electron chi connectivity index (χ1n) is 5.55. The molecule has 0 radical (unpaired) electrons. The lowest BCUT2D eigenvalue weighted by Gasteiger charge is -2.22. The molecule has 0 heterocycles. The van der Waals surface area contributed by atoms with E-state index >= 15 is 0 Å². The van der Waals surface area contributed by atoms with Gasteiger partial charge in [-0.05, 0) is 37.9 Å². The summed E-state index contributed by atoms with van der Waals surface area (Å²) in [6.45, 7) is 6.49. The van der Waals surface area contributed by atoms with Gasteiger partial charge in [-0.25, -0.2) is 0 Å².